The maximum Gasteiger partial charge on any atom is 0.304 e. The normalized spacial score (nSPS) is 24.3. The predicted octanol–water partition coefficient (Wildman–Crippen LogP) is 2.41. The molecule has 0 amide bonds. The molecule has 1 aliphatic rings. The third-order valence-corrected chi connectivity index (χ3v) is 4.00. The molecule has 1 aliphatic heterocycles. The van der Waals surface area contributed by atoms with Crippen LogP contribution in [0.1, 0.15) is 25.3 Å². The first kappa shape index (κ1) is 13.1. The summed E-state index contributed by atoms with van der Waals surface area (Å²) in [5.41, 5.74) is 1.38. The summed E-state index contributed by atoms with van der Waals surface area (Å²) in [6.07, 6.45) is 2.53. The number of carboxylic acids is 1. The van der Waals surface area contributed by atoms with Crippen molar-refractivity contribution in [2.45, 2.75) is 32.2 Å². The van der Waals surface area contributed by atoms with Gasteiger partial charge in [-0.15, -0.1) is 0 Å². The highest BCUT2D eigenvalue weighted by Crippen LogP contribution is 2.27. The van der Waals surface area contributed by atoms with Gasteiger partial charge in [0.2, 0.25) is 0 Å². The Hall–Kier alpha value is -1.35. The lowest BCUT2D eigenvalue weighted by Gasteiger charge is -2.24. The van der Waals surface area contributed by atoms with Gasteiger partial charge in [0.1, 0.15) is 0 Å². The monoisotopic (exact) mass is 247 g/mol. The number of carboxylic acid groups (broad SMARTS) is 1. The summed E-state index contributed by atoms with van der Waals surface area (Å²) >= 11 is 0. The molecule has 2 atom stereocenters. The molecule has 0 spiro atoms. The van der Waals surface area contributed by atoms with E-state index in [9.17, 15) is 4.79 Å². The summed E-state index contributed by atoms with van der Waals surface area (Å²) < 4.78 is 0. The molecule has 1 N–H and O–H groups in total. The summed E-state index contributed by atoms with van der Waals surface area (Å²) in [6, 6.07) is 11.0. The smallest absolute Gasteiger partial charge is 0.304 e. The minimum atomic E-state index is -0.700. The van der Waals surface area contributed by atoms with Crippen LogP contribution in [-0.4, -0.2) is 35.1 Å². The standard InChI is InChI=1S/C15H21NO2/c1-12-14(11-13-5-3-2-4-6-13)7-9-16(12)10-8-15(17)18/h2-6,12,14H,7-11H2,1H3,(H,17,18)/t12-,14-/m1/s1. The lowest BCUT2D eigenvalue weighted by molar-refractivity contribution is -0.137. The maximum atomic E-state index is 10.6. The molecule has 1 fully saturated rings. The second kappa shape index (κ2) is 6.01. The van der Waals surface area contributed by atoms with Crippen molar-refractivity contribution in [2.75, 3.05) is 13.1 Å². The van der Waals surface area contributed by atoms with E-state index in [1.807, 2.05) is 6.07 Å². The zero-order chi connectivity index (χ0) is 13.0. The van der Waals surface area contributed by atoms with E-state index in [0.717, 1.165) is 13.0 Å². The minimum absolute atomic E-state index is 0.252. The lowest BCUT2D eigenvalue weighted by atomic mass is 9.93. The Morgan fingerprint density at radius 2 is 2.11 bits per heavy atom. The van der Waals surface area contributed by atoms with Crippen LogP contribution in [0.25, 0.3) is 0 Å². The van der Waals surface area contributed by atoms with Crippen molar-refractivity contribution in [3.8, 4) is 0 Å². The fraction of sp³-hybridized carbons (Fsp3) is 0.533. The second-order valence-corrected chi connectivity index (χ2v) is 5.16. The summed E-state index contributed by atoms with van der Waals surface area (Å²) in [5.74, 6) is -0.0464. The van der Waals surface area contributed by atoms with E-state index in [1.165, 1.54) is 12.0 Å². The first-order chi connectivity index (χ1) is 8.66. The van der Waals surface area contributed by atoms with Crippen LogP contribution in [0.3, 0.4) is 0 Å². The zero-order valence-corrected chi connectivity index (χ0v) is 10.9. The van der Waals surface area contributed by atoms with E-state index >= 15 is 0 Å². The lowest BCUT2D eigenvalue weighted by Crippen LogP contribution is -2.32. The van der Waals surface area contributed by atoms with Crippen LogP contribution in [0.15, 0.2) is 30.3 Å². The molecule has 3 heteroatoms. The van der Waals surface area contributed by atoms with E-state index in [4.69, 9.17) is 5.11 Å². The molecule has 18 heavy (non-hydrogen) atoms. The van der Waals surface area contributed by atoms with Crippen LogP contribution in [-0.2, 0) is 11.2 Å². The topological polar surface area (TPSA) is 40.5 Å². The number of hydrogen-bond acceptors (Lipinski definition) is 2. The van der Waals surface area contributed by atoms with Crippen LogP contribution in [0, 0.1) is 5.92 Å². The van der Waals surface area contributed by atoms with Crippen LogP contribution in [0.4, 0.5) is 0 Å². The molecule has 98 valence electrons. The van der Waals surface area contributed by atoms with Gasteiger partial charge < -0.3 is 5.11 Å². The van der Waals surface area contributed by atoms with Crippen LogP contribution >= 0.6 is 0 Å². The third-order valence-electron chi connectivity index (χ3n) is 4.00. The van der Waals surface area contributed by atoms with Crippen molar-refractivity contribution >= 4 is 5.97 Å². The summed E-state index contributed by atoms with van der Waals surface area (Å²) in [6.45, 7) is 3.94. The van der Waals surface area contributed by atoms with Crippen molar-refractivity contribution in [1.82, 2.24) is 4.90 Å². The van der Waals surface area contributed by atoms with Crippen LogP contribution in [0.2, 0.25) is 0 Å². The molecule has 1 heterocycles. The van der Waals surface area contributed by atoms with Crippen molar-refractivity contribution in [3.05, 3.63) is 35.9 Å². The van der Waals surface area contributed by atoms with E-state index in [2.05, 4.69) is 36.1 Å². The molecule has 0 radical (unpaired) electrons. The quantitative estimate of drug-likeness (QED) is 0.868. The van der Waals surface area contributed by atoms with Gasteiger partial charge in [-0.2, -0.15) is 0 Å². The molecule has 1 aromatic rings. The van der Waals surface area contributed by atoms with Gasteiger partial charge in [-0.05, 0) is 37.8 Å². The van der Waals surface area contributed by atoms with Gasteiger partial charge in [-0.3, -0.25) is 9.69 Å². The highest BCUT2D eigenvalue weighted by Gasteiger charge is 2.30. The van der Waals surface area contributed by atoms with Crippen molar-refractivity contribution in [3.63, 3.8) is 0 Å². The van der Waals surface area contributed by atoms with Gasteiger partial charge >= 0.3 is 5.97 Å². The first-order valence-corrected chi connectivity index (χ1v) is 6.66. The number of hydrogen-bond donors (Lipinski definition) is 1. The zero-order valence-electron chi connectivity index (χ0n) is 10.9. The van der Waals surface area contributed by atoms with Gasteiger partial charge in [0.25, 0.3) is 0 Å². The average molecular weight is 247 g/mol. The van der Waals surface area contributed by atoms with Gasteiger partial charge in [-0.1, -0.05) is 30.3 Å². The van der Waals surface area contributed by atoms with Crippen LogP contribution in [0.5, 0.6) is 0 Å². The summed E-state index contributed by atoms with van der Waals surface area (Å²) in [7, 11) is 0. The van der Waals surface area contributed by atoms with E-state index < -0.39 is 5.97 Å². The molecule has 1 aromatic carbocycles. The SMILES string of the molecule is C[C@@H]1[C@@H](Cc2ccccc2)CCN1CCC(=O)O. The number of rotatable bonds is 5. The molecule has 0 unspecified atom stereocenters. The largest absolute Gasteiger partial charge is 0.481 e. The molecule has 0 aliphatic carbocycles. The molecular formula is C15H21NO2. The van der Waals surface area contributed by atoms with Gasteiger partial charge in [0, 0.05) is 12.6 Å². The van der Waals surface area contributed by atoms with Gasteiger partial charge in [-0.25, -0.2) is 0 Å². The maximum absolute atomic E-state index is 10.6. The highest BCUT2D eigenvalue weighted by atomic mass is 16.4. The Morgan fingerprint density at radius 3 is 2.78 bits per heavy atom. The Bertz CT molecular complexity index is 391. The Balaban J connectivity index is 1.87. The Morgan fingerprint density at radius 1 is 1.39 bits per heavy atom. The molecule has 2 rings (SSSR count). The minimum Gasteiger partial charge on any atom is -0.481 e. The highest BCUT2D eigenvalue weighted by molar-refractivity contribution is 5.66. The number of nitrogens with zero attached hydrogens (tertiary/aromatic N) is 1. The number of likely N-dealkylation sites (tertiary alicyclic amines) is 1. The Labute approximate surface area is 108 Å². The third kappa shape index (κ3) is 3.33. The molecule has 3 nitrogen and oxygen atoms in total. The van der Waals surface area contributed by atoms with Crippen molar-refractivity contribution < 1.29 is 9.90 Å². The first-order valence-electron chi connectivity index (χ1n) is 6.66. The molecule has 0 aromatic heterocycles. The van der Waals surface area contributed by atoms with Gasteiger partial charge in [0.05, 0.1) is 6.42 Å². The average Bonchev–Trinajstić information content (AvgIpc) is 2.70. The fourth-order valence-electron chi connectivity index (χ4n) is 2.82. The number of carbonyl (C=O) groups is 1. The van der Waals surface area contributed by atoms with Crippen molar-refractivity contribution in [2.24, 2.45) is 5.92 Å². The summed E-state index contributed by atoms with van der Waals surface area (Å²) in [4.78, 5) is 12.9. The molecule has 0 saturated carbocycles. The molecular weight excluding hydrogens is 226 g/mol. The van der Waals surface area contributed by atoms with E-state index in [-0.39, 0.29) is 6.42 Å². The van der Waals surface area contributed by atoms with Gasteiger partial charge in [0.15, 0.2) is 0 Å². The number of benzene rings is 1. The summed E-state index contributed by atoms with van der Waals surface area (Å²) in [5, 5.41) is 8.73. The van der Waals surface area contributed by atoms with Crippen molar-refractivity contribution in [1.29, 1.82) is 0 Å². The van der Waals surface area contributed by atoms with E-state index in [1.54, 1.807) is 0 Å². The van der Waals surface area contributed by atoms with Crippen LogP contribution < -0.4 is 0 Å². The molecule has 1 saturated heterocycles. The number of aliphatic carboxylic acids is 1. The predicted molar refractivity (Wildman–Crippen MR) is 71.5 cm³/mol. The Kier molecular flexibility index (Phi) is 4.37. The van der Waals surface area contributed by atoms with E-state index in [0.29, 0.717) is 18.5 Å². The molecule has 0 bridgehead atoms. The fourth-order valence-corrected chi connectivity index (χ4v) is 2.82. The second-order valence-electron chi connectivity index (χ2n) is 5.16.